The summed E-state index contributed by atoms with van der Waals surface area (Å²) >= 11 is 0. The molecule has 136 valence electrons. The van der Waals surface area contributed by atoms with E-state index in [4.69, 9.17) is 9.47 Å². The fourth-order valence-electron chi connectivity index (χ4n) is 4.76. The minimum atomic E-state index is 0.396. The summed E-state index contributed by atoms with van der Waals surface area (Å²) in [6.07, 6.45) is 3.51. The van der Waals surface area contributed by atoms with Gasteiger partial charge in [-0.25, -0.2) is 0 Å². The van der Waals surface area contributed by atoms with Crippen molar-refractivity contribution in [2.24, 2.45) is 0 Å². The Morgan fingerprint density at radius 2 is 1.81 bits per heavy atom. The fraction of sp³-hybridized carbons (Fsp3) is 0.455. The molecule has 1 aliphatic carbocycles. The van der Waals surface area contributed by atoms with Gasteiger partial charge in [-0.15, -0.1) is 0 Å². The highest BCUT2D eigenvalue weighted by Gasteiger charge is 2.33. The van der Waals surface area contributed by atoms with Crippen LogP contribution < -0.4 is 20.1 Å². The molecule has 0 saturated carbocycles. The lowest BCUT2D eigenvalue weighted by Crippen LogP contribution is -2.47. The van der Waals surface area contributed by atoms with Crippen molar-refractivity contribution in [2.45, 2.75) is 37.3 Å². The molecule has 0 bridgehead atoms. The van der Waals surface area contributed by atoms with Crippen LogP contribution in [0.5, 0.6) is 11.5 Å². The van der Waals surface area contributed by atoms with Gasteiger partial charge in [-0.05, 0) is 43.0 Å². The van der Waals surface area contributed by atoms with E-state index >= 15 is 0 Å². The summed E-state index contributed by atoms with van der Waals surface area (Å²) < 4.78 is 11.8. The number of ether oxygens (including phenoxy) is 2. The van der Waals surface area contributed by atoms with Crippen molar-refractivity contribution >= 4 is 0 Å². The zero-order valence-electron chi connectivity index (χ0n) is 15.0. The van der Waals surface area contributed by atoms with Crippen molar-refractivity contribution in [2.75, 3.05) is 26.3 Å². The SMILES string of the molecule is c1ccc2c(c1)CCC2NC1CCNCC1c1cccc2c1OCCO2. The summed E-state index contributed by atoms with van der Waals surface area (Å²) in [7, 11) is 0. The molecule has 3 atom stereocenters. The molecule has 4 nitrogen and oxygen atoms in total. The lowest BCUT2D eigenvalue weighted by Gasteiger charge is -2.36. The normalized spacial score (nSPS) is 27.2. The predicted octanol–water partition coefficient (Wildman–Crippen LogP) is 3.18. The van der Waals surface area contributed by atoms with Gasteiger partial charge in [-0.2, -0.15) is 0 Å². The van der Waals surface area contributed by atoms with Crippen molar-refractivity contribution in [3.8, 4) is 11.5 Å². The third-order valence-electron chi connectivity index (χ3n) is 6.03. The molecule has 3 unspecified atom stereocenters. The first-order valence-corrected chi connectivity index (χ1v) is 9.83. The molecular weight excluding hydrogens is 324 g/mol. The summed E-state index contributed by atoms with van der Waals surface area (Å²) in [4.78, 5) is 0. The van der Waals surface area contributed by atoms with Crippen LogP contribution in [-0.2, 0) is 6.42 Å². The van der Waals surface area contributed by atoms with Gasteiger partial charge in [0.05, 0.1) is 0 Å². The number of fused-ring (bicyclic) bond motifs is 2. The van der Waals surface area contributed by atoms with E-state index in [0.717, 1.165) is 31.0 Å². The Kier molecular flexibility index (Phi) is 4.31. The van der Waals surface area contributed by atoms with Crippen LogP contribution in [0.3, 0.4) is 0 Å². The van der Waals surface area contributed by atoms with E-state index in [1.807, 2.05) is 6.07 Å². The van der Waals surface area contributed by atoms with Crippen molar-refractivity contribution < 1.29 is 9.47 Å². The third-order valence-corrected chi connectivity index (χ3v) is 6.03. The summed E-state index contributed by atoms with van der Waals surface area (Å²) in [5, 5.41) is 7.57. The number of para-hydroxylation sites is 1. The van der Waals surface area contributed by atoms with Gasteiger partial charge in [-0.3, -0.25) is 0 Å². The summed E-state index contributed by atoms with van der Waals surface area (Å²) in [5.41, 5.74) is 4.27. The van der Waals surface area contributed by atoms with Crippen LogP contribution in [0.1, 0.15) is 41.5 Å². The van der Waals surface area contributed by atoms with E-state index in [1.165, 1.54) is 29.5 Å². The maximum Gasteiger partial charge on any atom is 0.164 e. The van der Waals surface area contributed by atoms with Gasteiger partial charge >= 0.3 is 0 Å². The number of nitrogens with one attached hydrogen (secondary N) is 2. The highest BCUT2D eigenvalue weighted by atomic mass is 16.6. The molecule has 1 fully saturated rings. The van der Waals surface area contributed by atoms with E-state index in [1.54, 1.807) is 0 Å². The number of benzene rings is 2. The molecule has 4 heteroatoms. The smallest absolute Gasteiger partial charge is 0.164 e. The van der Waals surface area contributed by atoms with E-state index in [-0.39, 0.29) is 0 Å². The zero-order valence-corrected chi connectivity index (χ0v) is 15.0. The van der Waals surface area contributed by atoms with Crippen molar-refractivity contribution in [3.05, 3.63) is 59.2 Å². The minimum Gasteiger partial charge on any atom is -0.486 e. The number of piperidine rings is 1. The molecule has 0 aromatic heterocycles. The first-order valence-electron chi connectivity index (χ1n) is 9.83. The molecule has 0 amide bonds. The molecule has 2 N–H and O–H groups in total. The average Bonchev–Trinajstić information content (AvgIpc) is 3.11. The van der Waals surface area contributed by atoms with Crippen molar-refractivity contribution in [1.82, 2.24) is 10.6 Å². The second-order valence-corrected chi connectivity index (χ2v) is 7.53. The predicted molar refractivity (Wildman–Crippen MR) is 102 cm³/mol. The average molecular weight is 350 g/mol. The maximum absolute atomic E-state index is 6.00. The lowest BCUT2D eigenvalue weighted by molar-refractivity contribution is 0.167. The van der Waals surface area contributed by atoms with Gasteiger partial charge in [0.2, 0.25) is 0 Å². The van der Waals surface area contributed by atoms with Crippen LogP contribution in [0.4, 0.5) is 0 Å². The van der Waals surface area contributed by atoms with E-state index in [0.29, 0.717) is 31.2 Å². The van der Waals surface area contributed by atoms with Crippen molar-refractivity contribution in [1.29, 1.82) is 0 Å². The lowest BCUT2D eigenvalue weighted by atomic mass is 9.85. The fourth-order valence-corrected chi connectivity index (χ4v) is 4.76. The quantitative estimate of drug-likeness (QED) is 0.892. The number of hydrogen-bond donors (Lipinski definition) is 2. The standard InChI is InChI=1S/C22H26N2O2/c1-2-5-16-15(4-1)8-9-19(16)24-20-10-11-23-14-18(20)17-6-3-7-21-22(17)26-13-12-25-21/h1-7,18-20,23-24H,8-14H2. The van der Waals surface area contributed by atoms with Crippen LogP contribution in [-0.4, -0.2) is 32.3 Å². The second-order valence-electron chi connectivity index (χ2n) is 7.53. The van der Waals surface area contributed by atoms with Gasteiger partial charge in [0.25, 0.3) is 0 Å². The molecule has 5 rings (SSSR count). The van der Waals surface area contributed by atoms with Gasteiger partial charge in [0.1, 0.15) is 13.2 Å². The van der Waals surface area contributed by atoms with E-state index in [2.05, 4.69) is 47.0 Å². The Morgan fingerprint density at radius 3 is 2.81 bits per heavy atom. The van der Waals surface area contributed by atoms with Gasteiger partial charge in [-0.1, -0.05) is 36.4 Å². The Labute approximate surface area is 154 Å². The largest absolute Gasteiger partial charge is 0.486 e. The monoisotopic (exact) mass is 350 g/mol. The summed E-state index contributed by atoms with van der Waals surface area (Å²) in [6, 6.07) is 16.1. The minimum absolute atomic E-state index is 0.396. The Hall–Kier alpha value is -2.04. The highest BCUT2D eigenvalue weighted by Crippen LogP contribution is 2.41. The molecular formula is C22H26N2O2. The number of hydrogen-bond acceptors (Lipinski definition) is 4. The topological polar surface area (TPSA) is 42.5 Å². The molecule has 2 aromatic rings. The molecule has 1 saturated heterocycles. The van der Waals surface area contributed by atoms with Crippen LogP contribution in [0.25, 0.3) is 0 Å². The first-order chi connectivity index (χ1) is 12.9. The van der Waals surface area contributed by atoms with Gasteiger partial charge in [0, 0.05) is 30.1 Å². The second kappa shape index (κ2) is 6.93. The first kappa shape index (κ1) is 16.2. The number of rotatable bonds is 3. The van der Waals surface area contributed by atoms with E-state index in [9.17, 15) is 0 Å². The van der Waals surface area contributed by atoms with E-state index < -0.39 is 0 Å². The molecule has 2 aliphatic heterocycles. The summed E-state index contributed by atoms with van der Waals surface area (Å²) in [6.45, 7) is 3.32. The zero-order chi connectivity index (χ0) is 17.3. The molecule has 3 aliphatic rings. The van der Waals surface area contributed by atoms with Crippen LogP contribution in [0, 0.1) is 0 Å². The van der Waals surface area contributed by atoms with Crippen LogP contribution in [0.2, 0.25) is 0 Å². The highest BCUT2D eigenvalue weighted by molar-refractivity contribution is 5.50. The maximum atomic E-state index is 6.00. The number of aryl methyl sites for hydroxylation is 1. The Bertz CT molecular complexity index is 791. The van der Waals surface area contributed by atoms with Gasteiger partial charge < -0.3 is 20.1 Å². The van der Waals surface area contributed by atoms with Crippen LogP contribution in [0.15, 0.2) is 42.5 Å². The summed E-state index contributed by atoms with van der Waals surface area (Å²) in [5.74, 6) is 2.24. The molecule has 2 heterocycles. The Balaban J connectivity index is 1.42. The molecule has 26 heavy (non-hydrogen) atoms. The molecule has 2 aromatic carbocycles. The van der Waals surface area contributed by atoms with Crippen molar-refractivity contribution in [3.63, 3.8) is 0 Å². The van der Waals surface area contributed by atoms with Crippen LogP contribution >= 0.6 is 0 Å². The van der Waals surface area contributed by atoms with Gasteiger partial charge in [0.15, 0.2) is 11.5 Å². The third kappa shape index (κ3) is 2.87. The Morgan fingerprint density at radius 1 is 0.923 bits per heavy atom. The molecule has 0 radical (unpaired) electrons. The molecule has 0 spiro atoms.